The Balaban J connectivity index is 1.46. The van der Waals surface area contributed by atoms with Crippen LogP contribution in [0.4, 0.5) is 0 Å². The van der Waals surface area contributed by atoms with Crippen molar-refractivity contribution in [1.29, 1.82) is 0 Å². The van der Waals surface area contributed by atoms with E-state index in [1.54, 1.807) is 10.5 Å². The number of nitrogens with one attached hydrogen (secondary N) is 1. The van der Waals surface area contributed by atoms with E-state index in [4.69, 9.17) is 0 Å². The van der Waals surface area contributed by atoms with Crippen molar-refractivity contribution in [2.45, 2.75) is 52.2 Å². The molecule has 126 valence electrons. The molecule has 0 aliphatic carbocycles. The molecule has 0 amide bonds. The van der Waals surface area contributed by atoms with E-state index in [-0.39, 0.29) is 5.56 Å². The van der Waals surface area contributed by atoms with Gasteiger partial charge in [-0.25, -0.2) is 14.6 Å². The summed E-state index contributed by atoms with van der Waals surface area (Å²) in [5.74, 6) is 2.00. The molecule has 1 aliphatic heterocycles. The fraction of sp³-hybridized carbons (Fsp3) is 0.500. The summed E-state index contributed by atoms with van der Waals surface area (Å²) in [5.41, 5.74) is 1.72. The van der Waals surface area contributed by atoms with Gasteiger partial charge in [0.2, 0.25) is 0 Å². The highest BCUT2D eigenvalue weighted by Gasteiger charge is 2.21. The average Bonchev–Trinajstić information content (AvgIpc) is 3.16. The lowest BCUT2D eigenvalue weighted by molar-refractivity contribution is 0.356. The number of aromatic nitrogens is 5. The number of hydrogen-bond acceptors (Lipinski definition) is 6. The topological polar surface area (TPSA) is 77.1 Å². The third kappa shape index (κ3) is 2.76. The Morgan fingerprint density at radius 2 is 2.29 bits per heavy atom. The normalized spacial score (nSPS) is 17.3. The molecule has 0 unspecified atom stereocenters. The predicted molar refractivity (Wildman–Crippen MR) is 92.4 cm³/mol. The molecule has 0 saturated heterocycles. The van der Waals surface area contributed by atoms with Crippen LogP contribution in [0.15, 0.2) is 16.2 Å². The van der Waals surface area contributed by atoms with Crippen LogP contribution in [0.1, 0.15) is 36.4 Å². The minimum Gasteiger partial charge on any atom is -0.307 e. The molecule has 3 aromatic rings. The first-order valence-corrected chi connectivity index (χ1v) is 9.14. The van der Waals surface area contributed by atoms with Crippen molar-refractivity contribution in [3.8, 4) is 0 Å². The van der Waals surface area contributed by atoms with Crippen LogP contribution in [0.25, 0.3) is 4.96 Å². The average molecular weight is 344 g/mol. The Bertz CT molecular complexity index is 940. The highest BCUT2D eigenvalue weighted by molar-refractivity contribution is 7.15. The molecule has 0 saturated carbocycles. The van der Waals surface area contributed by atoms with Crippen LogP contribution in [0.3, 0.4) is 0 Å². The first kappa shape index (κ1) is 15.5. The fourth-order valence-corrected chi connectivity index (χ4v) is 4.01. The molecule has 1 aliphatic rings. The van der Waals surface area contributed by atoms with Gasteiger partial charge in [0, 0.05) is 42.6 Å². The maximum atomic E-state index is 12.2. The summed E-state index contributed by atoms with van der Waals surface area (Å²) in [6, 6.07) is 1.95. The van der Waals surface area contributed by atoms with E-state index in [1.165, 1.54) is 11.3 Å². The van der Waals surface area contributed by atoms with Crippen LogP contribution in [-0.2, 0) is 25.9 Å². The van der Waals surface area contributed by atoms with Crippen LogP contribution < -0.4 is 10.9 Å². The number of thiazole rings is 1. The third-order valence-corrected chi connectivity index (χ3v) is 5.36. The van der Waals surface area contributed by atoms with Crippen molar-refractivity contribution in [3.05, 3.63) is 44.8 Å². The van der Waals surface area contributed by atoms with Crippen LogP contribution in [-0.4, -0.2) is 30.2 Å². The zero-order valence-corrected chi connectivity index (χ0v) is 14.6. The number of hydrogen-bond donors (Lipinski definition) is 1. The van der Waals surface area contributed by atoms with Gasteiger partial charge < -0.3 is 5.32 Å². The SMILES string of the molecule is CCc1nc2n(n1)C[C@@H](NCc1cc(=O)n3c(C)csc3n1)CC2. The van der Waals surface area contributed by atoms with E-state index in [0.29, 0.717) is 12.6 Å². The van der Waals surface area contributed by atoms with E-state index < -0.39 is 0 Å². The maximum Gasteiger partial charge on any atom is 0.259 e. The maximum absolute atomic E-state index is 12.2. The fourth-order valence-electron chi connectivity index (χ4n) is 3.12. The van der Waals surface area contributed by atoms with Crippen LogP contribution in [0.5, 0.6) is 0 Å². The Morgan fingerprint density at radius 3 is 3.12 bits per heavy atom. The largest absolute Gasteiger partial charge is 0.307 e. The lowest BCUT2D eigenvalue weighted by Crippen LogP contribution is -2.37. The van der Waals surface area contributed by atoms with Gasteiger partial charge in [-0.2, -0.15) is 5.10 Å². The zero-order chi connectivity index (χ0) is 16.7. The second kappa shape index (κ2) is 6.10. The lowest BCUT2D eigenvalue weighted by Gasteiger charge is -2.23. The highest BCUT2D eigenvalue weighted by Crippen LogP contribution is 2.15. The summed E-state index contributed by atoms with van der Waals surface area (Å²) in [5, 5.41) is 10.00. The van der Waals surface area contributed by atoms with E-state index in [9.17, 15) is 4.79 Å². The second-order valence-electron chi connectivity index (χ2n) is 6.18. The number of rotatable bonds is 4. The zero-order valence-electron chi connectivity index (χ0n) is 13.8. The number of nitrogens with zero attached hydrogens (tertiary/aromatic N) is 5. The van der Waals surface area contributed by atoms with Gasteiger partial charge >= 0.3 is 0 Å². The molecule has 0 aromatic carbocycles. The molecule has 1 N–H and O–H groups in total. The molecule has 0 radical (unpaired) electrons. The Kier molecular flexibility index (Phi) is 3.93. The molecular weight excluding hydrogens is 324 g/mol. The monoisotopic (exact) mass is 344 g/mol. The minimum atomic E-state index is -0.00894. The summed E-state index contributed by atoms with van der Waals surface area (Å²) < 4.78 is 3.66. The first-order chi connectivity index (χ1) is 11.6. The predicted octanol–water partition coefficient (Wildman–Crippen LogP) is 1.32. The first-order valence-electron chi connectivity index (χ1n) is 8.27. The van der Waals surface area contributed by atoms with E-state index in [1.807, 2.05) is 17.0 Å². The molecule has 1 atom stereocenters. The van der Waals surface area contributed by atoms with Crippen molar-refractivity contribution in [2.75, 3.05) is 0 Å². The highest BCUT2D eigenvalue weighted by atomic mass is 32.1. The Hall–Kier alpha value is -2.06. The van der Waals surface area contributed by atoms with Gasteiger partial charge in [-0.05, 0) is 13.3 Å². The van der Waals surface area contributed by atoms with Crippen LogP contribution in [0, 0.1) is 6.92 Å². The molecule has 0 spiro atoms. The summed E-state index contributed by atoms with van der Waals surface area (Å²) in [7, 11) is 0. The van der Waals surface area contributed by atoms with Crippen molar-refractivity contribution in [3.63, 3.8) is 0 Å². The van der Waals surface area contributed by atoms with Crippen molar-refractivity contribution >= 4 is 16.3 Å². The van der Waals surface area contributed by atoms with Crippen LogP contribution in [0.2, 0.25) is 0 Å². The molecule has 8 heteroatoms. The number of fused-ring (bicyclic) bond motifs is 2. The van der Waals surface area contributed by atoms with Crippen molar-refractivity contribution in [2.24, 2.45) is 0 Å². The standard InChI is InChI=1S/C16H20N6OS/c1-3-13-19-14-5-4-11(8-21(14)20-13)17-7-12-6-15(23)22-10(2)9-24-16(22)18-12/h6,9,11,17H,3-5,7-8H2,1-2H3/t11-/m0/s1. The van der Waals surface area contributed by atoms with Crippen molar-refractivity contribution < 1.29 is 0 Å². The minimum absolute atomic E-state index is 0.00894. The Labute approximate surface area is 143 Å². The second-order valence-corrected chi connectivity index (χ2v) is 7.01. The van der Waals surface area contributed by atoms with Gasteiger partial charge in [0.15, 0.2) is 10.8 Å². The summed E-state index contributed by atoms with van der Waals surface area (Å²) in [6.45, 7) is 5.41. The summed E-state index contributed by atoms with van der Waals surface area (Å²) in [4.78, 5) is 22.1. The van der Waals surface area contributed by atoms with E-state index in [2.05, 4.69) is 27.3 Å². The Morgan fingerprint density at radius 1 is 1.42 bits per heavy atom. The molecule has 4 heterocycles. The van der Waals surface area contributed by atoms with Gasteiger partial charge in [0.1, 0.15) is 5.82 Å². The van der Waals surface area contributed by atoms with Gasteiger partial charge in [0.25, 0.3) is 5.56 Å². The van der Waals surface area contributed by atoms with Crippen molar-refractivity contribution in [1.82, 2.24) is 29.5 Å². The molecular formula is C16H20N6OS. The van der Waals surface area contributed by atoms with Crippen LogP contribution >= 0.6 is 11.3 Å². The van der Waals surface area contributed by atoms with E-state index >= 15 is 0 Å². The van der Waals surface area contributed by atoms with Gasteiger partial charge in [-0.15, -0.1) is 11.3 Å². The van der Waals surface area contributed by atoms with Gasteiger partial charge in [-0.1, -0.05) is 6.92 Å². The van der Waals surface area contributed by atoms with Gasteiger partial charge in [-0.3, -0.25) is 9.20 Å². The molecule has 0 fully saturated rings. The molecule has 7 nitrogen and oxygen atoms in total. The van der Waals surface area contributed by atoms with E-state index in [0.717, 1.165) is 53.8 Å². The number of aryl methyl sites for hydroxylation is 3. The molecule has 24 heavy (non-hydrogen) atoms. The smallest absolute Gasteiger partial charge is 0.259 e. The molecule has 0 bridgehead atoms. The lowest BCUT2D eigenvalue weighted by atomic mass is 10.1. The third-order valence-electron chi connectivity index (χ3n) is 4.42. The quantitative estimate of drug-likeness (QED) is 0.772. The summed E-state index contributed by atoms with van der Waals surface area (Å²) in [6.07, 6.45) is 2.83. The molecule has 3 aromatic heterocycles. The van der Waals surface area contributed by atoms with Gasteiger partial charge in [0.05, 0.1) is 12.2 Å². The molecule has 4 rings (SSSR count). The summed E-state index contributed by atoms with van der Waals surface area (Å²) >= 11 is 1.50.